The van der Waals surface area contributed by atoms with Crippen molar-refractivity contribution in [3.8, 4) is 5.75 Å². The van der Waals surface area contributed by atoms with E-state index in [-0.39, 0.29) is 51.1 Å². The Bertz CT molecular complexity index is 795. The Kier molecular flexibility index (Phi) is 6.68. The van der Waals surface area contributed by atoms with Crippen LogP contribution >= 0.6 is 31.9 Å². The number of anilines is 1. The van der Waals surface area contributed by atoms with Gasteiger partial charge in [0, 0.05) is 16.1 Å². The number of carbonyl (C=O) groups is 3. The first-order chi connectivity index (χ1) is 14.4. The molecule has 0 aromatic heterocycles. The van der Waals surface area contributed by atoms with Gasteiger partial charge in [-0.1, -0.05) is 64.5 Å². The molecule has 30 heavy (non-hydrogen) atoms. The summed E-state index contributed by atoms with van der Waals surface area (Å²) in [6, 6.07) is 6.71. The highest BCUT2D eigenvalue weighted by Gasteiger charge is 2.66. The number of halogens is 2. The summed E-state index contributed by atoms with van der Waals surface area (Å²) >= 11 is 7.41. The van der Waals surface area contributed by atoms with E-state index in [1.807, 2.05) is 0 Å². The van der Waals surface area contributed by atoms with E-state index < -0.39 is 0 Å². The van der Waals surface area contributed by atoms with E-state index in [9.17, 15) is 14.4 Å². The van der Waals surface area contributed by atoms with Crippen molar-refractivity contribution in [3.63, 3.8) is 0 Å². The van der Waals surface area contributed by atoms with Crippen LogP contribution in [0.25, 0.3) is 0 Å². The van der Waals surface area contributed by atoms with E-state index in [1.54, 1.807) is 24.3 Å². The van der Waals surface area contributed by atoms with Gasteiger partial charge >= 0.3 is 5.97 Å². The van der Waals surface area contributed by atoms with Crippen LogP contribution in [0.2, 0.25) is 0 Å². The average Bonchev–Trinajstić information content (AvgIpc) is 3.33. The quantitative estimate of drug-likeness (QED) is 0.149. The van der Waals surface area contributed by atoms with Crippen LogP contribution in [-0.4, -0.2) is 27.4 Å². The highest BCUT2D eigenvalue weighted by Crippen LogP contribution is 2.60. The second kappa shape index (κ2) is 9.11. The van der Waals surface area contributed by atoms with Gasteiger partial charge < -0.3 is 4.74 Å². The molecule has 5 nitrogen and oxygen atoms in total. The molecule has 162 valence electrons. The highest BCUT2D eigenvalue weighted by atomic mass is 79.9. The number of nitrogens with zero attached hydrogens (tertiary/aromatic N) is 1. The lowest BCUT2D eigenvalue weighted by Gasteiger charge is -2.28. The number of alkyl halides is 2. The molecular weight excluding hydrogens is 514 g/mol. The normalized spacial score (nSPS) is 32.0. The van der Waals surface area contributed by atoms with Gasteiger partial charge in [0.25, 0.3) is 0 Å². The average molecular weight is 541 g/mol. The lowest BCUT2D eigenvalue weighted by atomic mass is 9.81. The van der Waals surface area contributed by atoms with Crippen molar-refractivity contribution in [2.75, 3.05) is 4.90 Å². The lowest BCUT2D eigenvalue weighted by Crippen LogP contribution is -2.37. The molecule has 1 aromatic carbocycles. The van der Waals surface area contributed by atoms with Crippen LogP contribution in [0.3, 0.4) is 0 Å². The van der Waals surface area contributed by atoms with Crippen LogP contribution in [0.4, 0.5) is 5.69 Å². The summed E-state index contributed by atoms with van der Waals surface area (Å²) in [6.45, 7) is 2.16. The van der Waals surface area contributed by atoms with Gasteiger partial charge in [-0.3, -0.25) is 19.3 Å². The summed E-state index contributed by atoms with van der Waals surface area (Å²) < 4.78 is 5.40. The molecule has 0 spiro atoms. The number of hydrogen-bond donors (Lipinski definition) is 0. The van der Waals surface area contributed by atoms with Crippen LogP contribution in [0.1, 0.15) is 51.9 Å². The summed E-state index contributed by atoms with van der Waals surface area (Å²) in [5.74, 6) is -0.0667. The van der Waals surface area contributed by atoms with Crippen molar-refractivity contribution >= 4 is 55.3 Å². The smallest absolute Gasteiger partial charge is 0.311 e. The van der Waals surface area contributed by atoms with Gasteiger partial charge in [0.15, 0.2) is 0 Å². The minimum atomic E-state index is -0.245. The Morgan fingerprint density at radius 1 is 0.967 bits per heavy atom. The molecule has 1 aromatic rings. The Hall–Kier alpha value is -1.21. The Balaban J connectivity index is 1.37. The molecule has 2 amide bonds. The second-order valence-electron chi connectivity index (χ2n) is 8.65. The predicted molar refractivity (Wildman–Crippen MR) is 122 cm³/mol. The fourth-order valence-corrected chi connectivity index (χ4v) is 7.20. The SMILES string of the molecule is CCCCCCCC(=O)Oc1ccc(N2C(=O)C3C4CC(C(Br)C4Br)C3C2=O)cc1. The number of unbranched alkanes of at least 4 members (excludes halogenated alkanes) is 4. The Morgan fingerprint density at radius 3 is 2.10 bits per heavy atom. The largest absolute Gasteiger partial charge is 0.427 e. The van der Waals surface area contributed by atoms with Crippen LogP contribution in [0.15, 0.2) is 24.3 Å². The van der Waals surface area contributed by atoms with Gasteiger partial charge in [-0.05, 0) is 48.9 Å². The second-order valence-corrected chi connectivity index (χ2v) is 10.8. The molecule has 0 N–H and O–H groups in total. The minimum Gasteiger partial charge on any atom is -0.427 e. The van der Waals surface area contributed by atoms with E-state index in [1.165, 1.54) is 17.7 Å². The van der Waals surface area contributed by atoms with Gasteiger partial charge in [0.2, 0.25) is 11.8 Å². The van der Waals surface area contributed by atoms with Crippen LogP contribution in [0.5, 0.6) is 5.75 Å². The van der Waals surface area contributed by atoms with E-state index in [0.29, 0.717) is 17.9 Å². The molecule has 4 rings (SSSR count). The molecule has 6 atom stereocenters. The zero-order valence-corrected chi connectivity index (χ0v) is 20.2. The number of hydrogen-bond acceptors (Lipinski definition) is 4. The first-order valence-electron chi connectivity index (χ1n) is 10.9. The van der Waals surface area contributed by atoms with Crippen LogP contribution in [0, 0.1) is 23.7 Å². The zero-order chi connectivity index (χ0) is 21.4. The van der Waals surface area contributed by atoms with Gasteiger partial charge in [-0.2, -0.15) is 0 Å². The van der Waals surface area contributed by atoms with Crippen LogP contribution < -0.4 is 9.64 Å². The summed E-state index contributed by atoms with van der Waals surface area (Å²) in [4.78, 5) is 40.0. The summed E-state index contributed by atoms with van der Waals surface area (Å²) in [7, 11) is 0. The number of benzene rings is 1. The van der Waals surface area contributed by atoms with E-state index >= 15 is 0 Å². The number of amides is 2. The molecule has 1 aliphatic heterocycles. The first kappa shape index (κ1) is 22.0. The topological polar surface area (TPSA) is 63.7 Å². The standard InChI is InChI=1S/C23H27Br2NO4/c1-2-3-4-5-6-7-17(27)30-14-10-8-13(9-11-14)26-22(28)18-15-12-16(19(18)23(26)29)21(25)20(15)24/h8-11,15-16,18-21H,2-7,12H2,1H3. The summed E-state index contributed by atoms with van der Waals surface area (Å²) in [5.41, 5.74) is 0.551. The summed E-state index contributed by atoms with van der Waals surface area (Å²) in [6.07, 6.45) is 6.71. The molecule has 3 aliphatic rings. The predicted octanol–water partition coefficient (Wildman–Crippen LogP) is 5.23. The molecule has 2 bridgehead atoms. The number of rotatable bonds is 8. The third kappa shape index (κ3) is 3.88. The van der Waals surface area contributed by atoms with Gasteiger partial charge in [-0.25, -0.2) is 0 Å². The van der Waals surface area contributed by atoms with E-state index in [4.69, 9.17) is 4.74 Å². The maximum Gasteiger partial charge on any atom is 0.311 e. The number of esters is 1. The third-order valence-electron chi connectivity index (χ3n) is 6.80. The maximum absolute atomic E-state index is 13.1. The van der Waals surface area contributed by atoms with Crippen molar-refractivity contribution < 1.29 is 19.1 Å². The molecule has 0 radical (unpaired) electrons. The van der Waals surface area contributed by atoms with Gasteiger partial charge in [0.1, 0.15) is 5.75 Å². The van der Waals surface area contributed by atoms with Crippen molar-refractivity contribution in [1.82, 2.24) is 0 Å². The summed E-state index contributed by atoms with van der Waals surface area (Å²) in [5, 5.41) is 0. The lowest BCUT2D eigenvalue weighted by molar-refractivity contribution is -0.134. The molecule has 3 fully saturated rings. The van der Waals surface area contributed by atoms with Gasteiger partial charge in [-0.15, -0.1) is 0 Å². The number of carbonyl (C=O) groups excluding carboxylic acids is 3. The molecule has 7 heteroatoms. The molecule has 6 unspecified atom stereocenters. The van der Waals surface area contributed by atoms with E-state index in [2.05, 4.69) is 38.8 Å². The monoisotopic (exact) mass is 539 g/mol. The zero-order valence-electron chi connectivity index (χ0n) is 17.1. The van der Waals surface area contributed by atoms with Crippen LogP contribution in [-0.2, 0) is 14.4 Å². The minimum absolute atomic E-state index is 0.0989. The molecule has 1 saturated heterocycles. The number of ether oxygens (including phenoxy) is 1. The van der Waals surface area contributed by atoms with Crippen molar-refractivity contribution in [1.29, 1.82) is 0 Å². The molecule has 1 heterocycles. The Morgan fingerprint density at radius 2 is 1.53 bits per heavy atom. The number of fused-ring (bicyclic) bond motifs is 5. The van der Waals surface area contributed by atoms with E-state index in [0.717, 1.165) is 25.7 Å². The third-order valence-corrected chi connectivity index (χ3v) is 10.0. The fourth-order valence-electron chi connectivity index (χ4n) is 5.32. The van der Waals surface area contributed by atoms with Crippen molar-refractivity contribution in [2.24, 2.45) is 23.7 Å². The molecule has 2 aliphatic carbocycles. The fraction of sp³-hybridized carbons (Fsp3) is 0.609. The first-order valence-corrected chi connectivity index (χ1v) is 12.7. The maximum atomic E-state index is 13.1. The number of imide groups is 1. The van der Waals surface area contributed by atoms with Crippen molar-refractivity contribution in [2.45, 2.75) is 61.5 Å². The van der Waals surface area contributed by atoms with Gasteiger partial charge in [0.05, 0.1) is 17.5 Å². The molecular formula is C23H27Br2NO4. The highest BCUT2D eigenvalue weighted by molar-refractivity contribution is 9.12. The molecule has 2 saturated carbocycles. The van der Waals surface area contributed by atoms with Crippen molar-refractivity contribution in [3.05, 3.63) is 24.3 Å². The Labute approximate surface area is 194 Å².